The van der Waals surface area contributed by atoms with Crippen molar-refractivity contribution in [1.82, 2.24) is 21.3 Å². The second-order valence-corrected chi connectivity index (χ2v) is 8.34. The second kappa shape index (κ2) is 13.0. The number of hydrogen-bond donors (Lipinski definition) is 5. The molecule has 1 aliphatic heterocycles. The predicted octanol–water partition coefficient (Wildman–Crippen LogP) is -0.0954. The summed E-state index contributed by atoms with van der Waals surface area (Å²) in [7, 11) is 0. The molecule has 170 valence electrons. The van der Waals surface area contributed by atoms with E-state index in [0.717, 1.165) is 24.9 Å². The number of nitrogens with one attached hydrogen (secondary N) is 4. The molecule has 10 heteroatoms. The Hall–Kier alpha value is -2.59. The van der Waals surface area contributed by atoms with Gasteiger partial charge in [0.15, 0.2) is 0 Å². The summed E-state index contributed by atoms with van der Waals surface area (Å²) >= 11 is 1.55. The molecule has 1 aromatic carbocycles. The van der Waals surface area contributed by atoms with Crippen molar-refractivity contribution in [1.29, 1.82) is 0 Å². The van der Waals surface area contributed by atoms with Crippen LogP contribution in [0.15, 0.2) is 30.3 Å². The van der Waals surface area contributed by atoms with Crippen LogP contribution in [0.2, 0.25) is 0 Å². The lowest BCUT2D eigenvalue weighted by molar-refractivity contribution is -0.141. The summed E-state index contributed by atoms with van der Waals surface area (Å²) in [5.41, 5.74) is 0.777. The lowest BCUT2D eigenvalue weighted by atomic mass is 10.1. The lowest BCUT2D eigenvalue weighted by Crippen LogP contribution is -2.53. The first-order valence-corrected chi connectivity index (χ1v) is 11.7. The number of carbonyl (C=O) groups excluding carboxylic acids is 3. The Morgan fingerprint density at radius 3 is 2.52 bits per heavy atom. The molecule has 3 atom stereocenters. The summed E-state index contributed by atoms with van der Waals surface area (Å²) in [6.45, 7) is 0.401. The molecule has 3 amide bonds. The molecule has 3 unspecified atom stereocenters. The van der Waals surface area contributed by atoms with Crippen LogP contribution in [0.25, 0.3) is 0 Å². The highest BCUT2D eigenvalue weighted by Crippen LogP contribution is 2.07. The van der Waals surface area contributed by atoms with Gasteiger partial charge in [0.05, 0.1) is 12.6 Å². The maximum Gasteiger partial charge on any atom is 0.326 e. The maximum absolute atomic E-state index is 12.6. The fourth-order valence-electron chi connectivity index (χ4n) is 3.27. The Bertz CT molecular complexity index is 755. The standard InChI is InChI=1S/C21H30N4O5S/c1-31-11-9-16(25-20(28)15-8-5-10-22-15)19(27)23-13-18(26)24-17(21(29)30)12-14-6-3-2-4-7-14/h2-4,6-7,15-17,22H,5,8-13H2,1H3,(H,23,27)(H,24,26)(H,25,28)(H,29,30). The second-order valence-electron chi connectivity index (χ2n) is 7.36. The van der Waals surface area contributed by atoms with Crippen molar-refractivity contribution in [3.8, 4) is 0 Å². The van der Waals surface area contributed by atoms with Crippen LogP contribution in [-0.4, -0.2) is 72.0 Å². The van der Waals surface area contributed by atoms with Gasteiger partial charge in [-0.3, -0.25) is 14.4 Å². The van der Waals surface area contributed by atoms with Crippen molar-refractivity contribution in [2.24, 2.45) is 0 Å². The largest absolute Gasteiger partial charge is 0.480 e. The average molecular weight is 451 g/mol. The fraction of sp³-hybridized carbons (Fsp3) is 0.524. The highest BCUT2D eigenvalue weighted by atomic mass is 32.2. The van der Waals surface area contributed by atoms with Gasteiger partial charge in [0.1, 0.15) is 12.1 Å². The van der Waals surface area contributed by atoms with E-state index in [4.69, 9.17) is 0 Å². The van der Waals surface area contributed by atoms with Crippen LogP contribution in [0.4, 0.5) is 0 Å². The summed E-state index contributed by atoms with van der Waals surface area (Å²) in [5.74, 6) is -1.79. The molecular formula is C21H30N4O5S. The van der Waals surface area contributed by atoms with Crippen LogP contribution in [0.3, 0.4) is 0 Å². The Kier molecular flexibility index (Phi) is 10.3. The van der Waals surface area contributed by atoms with E-state index in [-0.39, 0.29) is 24.9 Å². The van der Waals surface area contributed by atoms with E-state index in [1.807, 2.05) is 12.3 Å². The molecule has 1 aromatic rings. The molecule has 1 fully saturated rings. The Morgan fingerprint density at radius 1 is 1.16 bits per heavy atom. The molecule has 1 aliphatic rings. The van der Waals surface area contributed by atoms with E-state index < -0.39 is 29.9 Å². The van der Waals surface area contributed by atoms with Crippen molar-refractivity contribution in [2.45, 2.75) is 43.8 Å². The summed E-state index contributed by atoms with van der Waals surface area (Å²) in [6, 6.07) is 6.80. The van der Waals surface area contributed by atoms with Crippen LogP contribution in [0, 0.1) is 0 Å². The lowest BCUT2D eigenvalue weighted by Gasteiger charge is -2.21. The summed E-state index contributed by atoms with van der Waals surface area (Å²) < 4.78 is 0. The number of carbonyl (C=O) groups is 4. The highest BCUT2D eigenvalue weighted by Gasteiger charge is 2.27. The number of rotatable bonds is 12. The summed E-state index contributed by atoms with van der Waals surface area (Å²) in [6.07, 6.45) is 4.10. The van der Waals surface area contributed by atoms with Gasteiger partial charge >= 0.3 is 5.97 Å². The maximum atomic E-state index is 12.6. The van der Waals surface area contributed by atoms with Crippen molar-refractivity contribution < 1.29 is 24.3 Å². The smallest absolute Gasteiger partial charge is 0.326 e. The zero-order chi connectivity index (χ0) is 22.6. The fourth-order valence-corrected chi connectivity index (χ4v) is 3.74. The SMILES string of the molecule is CSCCC(NC(=O)C1CCCN1)C(=O)NCC(=O)NC(Cc1ccccc1)C(=O)O. The van der Waals surface area contributed by atoms with Gasteiger partial charge in [0, 0.05) is 6.42 Å². The minimum atomic E-state index is -1.15. The van der Waals surface area contributed by atoms with E-state index in [2.05, 4.69) is 21.3 Å². The monoisotopic (exact) mass is 450 g/mol. The zero-order valence-corrected chi connectivity index (χ0v) is 18.4. The molecule has 0 saturated carbocycles. The third-order valence-corrected chi connectivity index (χ3v) is 5.60. The van der Waals surface area contributed by atoms with Gasteiger partial charge < -0.3 is 26.4 Å². The molecule has 0 bridgehead atoms. The molecular weight excluding hydrogens is 420 g/mol. The van der Waals surface area contributed by atoms with Gasteiger partial charge in [-0.25, -0.2) is 4.79 Å². The van der Waals surface area contributed by atoms with Crippen molar-refractivity contribution in [2.75, 3.05) is 25.1 Å². The van der Waals surface area contributed by atoms with Crippen molar-refractivity contribution in [3.05, 3.63) is 35.9 Å². The average Bonchev–Trinajstić information content (AvgIpc) is 3.30. The Balaban J connectivity index is 1.86. The molecule has 31 heavy (non-hydrogen) atoms. The number of carboxylic acid groups (broad SMARTS) is 1. The van der Waals surface area contributed by atoms with Gasteiger partial charge in [-0.15, -0.1) is 0 Å². The van der Waals surface area contributed by atoms with Crippen molar-refractivity contribution in [3.63, 3.8) is 0 Å². The predicted molar refractivity (Wildman–Crippen MR) is 119 cm³/mol. The molecule has 0 radical (unpaired) electrons. The molecule has 9 nitrogen and oxygen atoms in total. The minimum Gasteiger partial charge on any atom is -0.480 e. The van der Waals surface area contributed by atoms with Crippen LogP contribution in [0.1, 0.15) is 24.8 Å². The van der Waals surface area contributed by atoms with E-state index in [1.165, 1.54) is 0 Å². The zero-order valence-electron chi connectivity index (χ0n) is 17.6. The molecule has 0 aromatic heterocycles. The number of benzene rings is 1. The first-order chi connectivity index (χ1) is 14.9. The van der Waals surface area contributed by atoms with Gasteiger partial charge in [0.25, 0.3) is 0 Å². The van der Waals surface area contributed by atoms with Crippen LogP contribution in [-0.2, 0) is 25.6 Å². The number of hydrogen-bond acceptors (Lipinski definition) is 6. The topological polar surface area (TPSA) is 137 Å². The third kappa shape index (κ3) is 8.58. The number of aliphatic carboxylic acids is 1. The van der Waals surface area contributed by atoms with Crippen molar-refractivity contribution >= 4 is 35.5 Å². The van der Waals surface area contributed by atoms with E-state index in [9.17, 15) is 24.3 Å². The van der Waals surface area contributed by atoms with E-state index in [1.54, 1.807) is 36.0 Å². The summed E-state index contributed by atoms with van der Waals surface area (Å²) in [5, 5.41) is 20.2. The Morgan fingerprint density at radius 2 is 1.90 bits per heavy atom. The number of thioether (sulfide) groups is 1. The number of carboxylic acids is 1. The Labute approximate surface area is 186 Å². The molecule has 0 aliphatic carbocycles. The minimum absolute atomic E-state index is 0.136. The molecule has 1 heterocycles. The van der Waals surface area contributed by atoms with Crippen LogP contribution >= 0.6 is 11.8 Å². The van der Waals surface area contributed by atoms with E-state index in [0.29, 0.717) is 12.2 Å². The molecule has 5 N–H and O–H groups in total. The normalized spacial score (nSPS) is 17.4. The molecule has 2 rings (SSSR count). The van der Waals surface area contributed by atoms with Crippen LogP contribution in [0.5, 0.6) is 0 Å². The molecule has 1 saturated heterocycles. The van der Waals surface area contributed by atoms with E-state index >= 15 is 0 Å². The van der Waals surface area contributed by atoms with Gasteiger partial charge in [0.2, 0.25) is 17.7 Å². The third-order valence-electron chi connectivity index (χ3n) is 4.96. The molecule has 0 spiro atoms. The van der Waals surface area contributed by atoms with Gasteiger partial charge in [-0.1, -0.05) is 30.3 Å². The first kappa shape index (κ1) is 24.7. The van der Waals surface area contributed by atoms with Gasteiger partial charge in [-0.05, 0) is 43.4 Å². The number of amides is 3. The summed E-state index contributed by atoms with van der Waals surface area (Å²) in [4.78, 5) is 48.6. The highest BCUT2D eigenvalue weighted by molar-refractivity contribution is 7.98. The quantitative estimate of drug-likeness (QED) is 0.300. The van der Waals surface area contributed by atoms with Gasteiger partial charge in [-0.2, -0.15) is 11.8 Å². The first-order valence-electron chi connectivity index (χ1n) is 10.3. The van der Waals surface area contributed by atoms with Crippen LogP contribution < -0.4 is 21.3 Å².